The largest absolute Gasteiger partial charge is 0.497 e. The molecule has 2 amide bonds. The van der Waals surface area contributed by atoms with Crippen LogP contribution in [0.1, 0.15) is 21.5 Å². The van der Waals surface area contributed by atoms with Crippen LogP contribution in [0.25, 0.3) is 0 Å². The highest BCUT2D eigenvalue weighted by Gasteiger charge is 2.59. The molecule has 3 aromatic carbocycles. The van der Waals surface area contributed by atoms with Gasteiger partial charge < -0.3 is 14.5 Å². The fourth-order valence-corrected chi connectivity index (χ4v) is 5.92. The molecule has 7 heteroatoms. The molecule has 1 saturated heterocycles. The number of thioether (sulfide) groups is 1. The zero-order valence-electron chi connectivity index (χ0n) is 17.5. The number of hydrogen-bond acceptors (Lipinski definition) is 4. The molecule has 2 heterocycles. The molecule has 3 aromatic rings. The third-order valence-corrected chi connectivity index (χ3v) is 7.31. The highest BCUT2D eigenvalue weighted by atomic mass is 32.2. The van der Waals surface area contributed by atoms with E-state index in [0.29, 0.717) is 18.8 Å². The van der Waals surface area contributed by atoms with E-state index in [1.807, 2.05) is 48.5 Å². The zero-order valence-corrected chi connectivity index (χ0v) is 18.3. The van der Waals surface area contributed by atoms with Crippen molar-refractivity contribution in [2.24, 2.45) is 0 Å². The summed E-state index contributed by atoms with van der Waals surface area (Å²) >= 11 is 1.46. The van der Waals surface area contributed by atoms with Crippen molar-refractivity contribution < 1.29 is 18.7 Å². The average molecular weight is 449 g/mol. The van der Waals surface area contributed by atoms with Crippen molar-refractivity contribution >= 4 is 29.3 Å². The van der Waals surface area contributed by atoms with Crippen LogP contribution in [0.15, 0.2) is 72.8 Å². The number of hydrogen-bond donors (Lipinski definition) is 0. The molecule has 2 aliphatic rings. The number of fused-ring (bicyclic) bond motifs is 2. The number of rotatable bonds is 4. The predicted octanol–water partition coefficient (Wildman–Crippen LogP) is 4.42. The van der Waals surface area contributed by atoms with Crippen molar-refractivity contribution in [3.8, 4) is 5.75 Å². The second kappa shape index (κ2) is 7.98. The van der Waals surface area contributed by atoms with Crippen LogP contribution >= 0.6 is 11.8 Å². The first kappa shape index (κ1) is 20.6. The summed E-state index contributed by atoms with van der Waals surface area (Å²) in [6.07, 6.45) is 0. The Hall–Kier alpha value is -3.32. The van der Waals surface area contributed by atoms with E-state index in [0.717, 1.165) is 22.6 Å². The summed E-state index contributed by atoms with van der Waals surface area (Å²) in [5.41, 5.74) is 2.74. The van der Waals surface area contributed by atoms with Gasteiger partial charge in [0.25, 0.3) is 11.8 Å². The molecule has 0 N–H and O–H groups in total. The molecule has 0 saturated carbocycles. The maximum absolute atomic E-state index is 14.0. The minimum absolute atomic E-state index is 0.159. The van der Waals surface area contributed by atoms with Crippen LogP contribution in [0.5, 0.6) is 5.75 Å². The fourth-order valence-electron chi connectivity index (χ4n) is 4.46. The van der Waals surface area contributed by atoms with Crippen LogP contribution < -0.4 is 9.64 Å². The molecule has 1 spiro atoms. The molecule has 5 rings (SSSR count). The molecule has 0 radical (unpaired) electrons. The van der Waals surface area contributed by atoms with E-state index in [1.54, 1.807) is 23.0 Å². The number of benzene rings is 3. The van der Waals surface area contributed by atoms with Gasteiger partial charge in [-0.25, -0.2) is 4.39 Å². The van der Waals surface area contributed by atoms with Crippen LogP contribution in [0.3, 0.4) is 0 Å². The Morgan fingerprint density at radius 2 is 1.91 bits per heavy atom. The molecule has 1 atom stereocenters. The molecule has 0 aliphatic carbocycles. The summed E-state index contributed by atoms with van der Waals surface area (Å²) in [4.78, 5) is 29.6. The third kappa shape index (κ3) is 3.15. The molecular formula is C25H21FN2O3S. The molecule has 0 bridgehead atoms. The first-order chi connectivity index (χ1) is 15.5. The van der Waals surface area contributed by atoms with E-state index in [-0.39, 0.29) is 17.4 Å². The Morgan fingerprint density at radius 1 is 1.09 bits per heavy atom. The van der Waals surface area contributed by atoms with E-state index < -0.39 is 10.7 Å². The number of anilines is 1. The topological polar surface area (TPSA) is 49.9 Å². The van der Waals surface area contributed by atoms with E-state index in [1.165, 1.54) is 30.0 Å². The second-order valence-electron chi connectivity index (χ2n) is 7.72. The van der Waals surface area contributed by atoms with Gasteiger partial charge in [-0.1, -0.05) is 36.4 Å². The smallest absolute Gasteiger partial charge is 0.268 e. The summed E-state index contributed by atoms with van der Waals surface area (Å²) < 4.78 is 19.1. The summed E-state index contributed by atoms with van der Waals surface area (Å²) in [5, 5.41) is 0. The number of ether oxygens (including phenoxy) is 1. The lowest BCUT2D eigenvalue weighted by Gasteiger charge is -2.33. The summed E-state index contributed by atoms with van der Waals surface area (Å²) in [6.45, 7) is 0.768. The van der Waals surface area contributed by atoms with Gasteiger partial charge in [-0.2, -0.15) is 0 Å². The zero-order chi connectivity index (χ0) is 22.3. The number of carbonyl (C=O) groups is 2. The summed E-state index contributed by atoms with van der Waals surface area (Å²) in [7, 11) is 1.61. The Morgan fingerprint density at radius 3 is 2.72 bits per heavy atom. The molecule has 2 aliphatic heterocycles. The number of nitrogens with zero attached hydrogens (tertiary/aromatic N) is 2. The Labute approximate surface area is 189 Å². The van der Waals surface area contributed by atoms with E-state index in [9.17, 15) is 14.0 Å². The number of para-hydroxylation sites is 1. The van der Waals surface area contributed by atoms with Gasteiger partial charge in [-0.05, 0) is 42.0 Å². The van der Waals surface area contributed by atoms with E-state index in [2.05, 4.69) is 0 Å². The van der Waals surface area contributed by atoms with Crippen molar-refractivity contribution in [1.29, 1.82) is 0 Å². The minimum atomic E-state index is -1.15. The van der Waals surface area contributed by atoms with Crippen LogP contribution in [0, 0.1) is 5.82 Å². The highest BCUT2D eigenvalue weighted by Crippen LogP contribution is 2.54. The van der Waals surface area contributed by atoms with Gasteiger partial charge in [0.05, 0.1) is 19.3 Å². The monoisotopic (exact) mass is 448 g/mol. The average Bonchev–Trinajstić information content (AvgIpc) is 3.36. The molecule has 0 aromatic heterocycles. The van der Waals surface area contributed by atoms with Crippen LogP contribution in [0.4, 0.5) is 10.1 Å². The number of carbonyl (C=O) groups excluding carboxylic acids is 2. The molecule has 1 fully saturated rings. The van der Waals surface area contributed by atoms with Gasteiger partial charge in [0.1, 0.15) is 11.6 Å². The Balaban J connectivity index is 1.56. The molecule has 32 heavy (non-hydrogen) atoms. The lowest BCUT2D eigenvalue weighted by atomic mass is 10.0. The standard InChI is InChI=1S/C25H21FN2O3S/c1-31-20-9-4-6-17(14-20)16-27-22-11-3-2-10-21(22)25(24(27)30)28(12-13-32-25)23(29)18-7-5-8-19(26)15-18/h2-11,14-15H,12-13,16H2,1H3/t25-/m0/s1. The maximum Gasteiger partial charge on any atom is 0.268 e. The van der Waals surface area contributed by atoms with Crippen molar-refractivity contribution in [1.82, 2.24) is 4.90 Å². The van der Waals surface area contributed by atoms with Gasteiger partial charge in [-0.15, -0.1) is 11.8 Å². The fraction of sp³-hybridized carbons (Fsp3) is 0.200. The van der Waals surface area contributed by atoms with Gasteiger partial charge >= 0.3 is 0 Å². The highest BCUT2D eigenvalue weighted by molar-refractivity contribution is 8.01. The van der Waals surface area contributed by atoms with Gasteiger partial charge in [-0.3, -0.25) is 9.59 Å². The molecule has 5 nitrogen and oxygen atoms in total. The predicted molar refractivity (Wildman–Crippen MR) is 122 cm³/mol. The SMILES string of the molecule is COc1cccc(CN2C(=O)[C@@]3(SCCN3C(=O)c3cccc(F)c3)c3ccccc32)c1. The van der Waals surface area contributed by atoms with E-state index in [4.69, 9.17) is 4.74 Å². The minimum Gasteiger partial charge on any atom is -0.497 e. The van der Waals surface area contributed by atoms with Gasteiger partial charge in [0.2, 0.25) is 0 Å². The first-order valence-electron chi connectivity index (χ1n) is 10.3. The van der Waals surface area contributed by atoms with Crippen LogP contribution in [-0.4, -0.2) is 36.1 Å². The number of methoxy groups -OCH3 is 1. The molecule has 162 valence electrons. The van der Waals surface area contributed by atoms with Crippen molar-refractivity contribution in [3.05, 3.63) is 95.3 Å². The van der Waals surface area contributed by atoms with E-state index >= 15 is 0 Å². The third-order valence-electron chi connectivity index (χ3n) is 5.89. The van der Waals surface area contributed by atoms with Crippen molar-refractivity contribution in [2.45, 2.75) is 11.4 Å². The summed E-state index contributed by atoms with van der Waals surface area (Å²) in [6, 6.07) is 20.8. The lowest BCUT2D eigenvalue weighted by molar-refractivity contribution is -0.123. The second-order valence-corrected chi connectivity index (χ2v) is 9.01. The number of halogens is 1. The van der Waals surface area contributed by atoms with Crippen molar-refractivity contribution in [2.75, 3.05) is 24.3 Å². The molecule has 0 unspecified atom stereocenters. The Bertz CT molecular complexity index is 1220. The van der Waals surface area contributed by atoms with Crippen molar-refractivity contribution in [3.63, 3.8) is 0 Å². The quantitative estimate of drug-likeness (QED) is 0.593. The van der Waals surface area contributed by atoms with Crippen LogP contribution in [-0.2, 0) is 16.2 Å². The molecular weight excluding hydrogens is 427 g/mol. The van der Waals surface area contributed by atoms with Crippen LogP contribution in [0.2, 0.25) is 0 Å². The summed E-state index contributed by atoms with van der Waals surface area (Å²) in [5.74, 6) is 0.355. The Kier molecular flexibility index (Phi) is 5.13. The maximum atomic E-state index is 14.0. The van der Waals surface area contributed by atoms with Gasteiger partial charge in [0, 0.05) is 23.4 Å². The lowest BCUT2D eigenvalue weighted by Crippen LogP contribution is -2.50. The normalized spacial score (nSPS) is 19.5. The number of amides is 2. The first-order valence-corrected chi connectivity index (χ1v) is 11.3. The van der Waals surface area contributed by atoms with Gasteiger partial charge in [0.15, 0.2) is 4.87 Å².